The van der Waals surface area contributed by atoms with E-state index < -0.39 is 13.9 Å². The van der Waals surface area contributed by atoms with Gasteiger partial charge in [0.25, 0.3) is 0 Å². The van der Waals surface area contributed by atoms with Crippen LogP contribution in [-0.2, 0) is 25.2 Å². The van der Waals surface area contributed by atoms with E-state index in [1.807, 2.05) is 36.2 Å². The van der Waals surface area contributed by atoms with Crippen LogP contribution in [0.2, 0.25) is 5.86 Å². The molecule has 0 aliphatic heterocycles. The number of hydrogen-bond acceptors (Lipinski definition) is 2. The van der Waals surface area contributed by atoms with Crippen LogP contribution in [0.15, 0.2) is 30.3 Å². The Balaban J connectivity index is 2.25. The molecule has 0 atom stereocenters. The molecule has 2 nitrogen and oxygen atoms in total. The van der Waals surface area contributed by atoms with Gasteiger partial charge in [0, 0.05) is 0 Å². The van der Waals surface area contributed by atoms with E-state index >= 15 is 0 Å². The van der Waals surface area contributed by atoms with E-state index in [4.69, 9.17) is 9.52 Å². The van der Waals surface area contributed by atoms with Crippen molar-refractivity contribution in [3.8, 4) is 0 Å². The van der Waals surface area contributed by atoms with E-state index in [2.05, 4.69) is 0 Å². The average molecular weight is 211 g/mol. The van der Waals surface area contributed by atoms with Gasteiger partial charge in [-0.1, -0.05) is 0 Å². The van der Waals surface area contributed by atoms with Gasteiger partial charge in [-0.15, -0.1) is 0 Å². The summed E-state index contributed by atoms with van der Waals surface area (Å²) in [5.41, 5.74) is 1.89. The standard InChI is InChI=1S/C8H9O.CH3.Co.H2N/c1-9-7-8-5-3-2-4-6-8;;;/h2-6H,1,7H2;1H3;;1H2/q;;+1;-1. The van der Waals surface area contributed by atoms with Crippen LogP contribution in [0.4, 0.5) is 0 Å². The molecule has 0 saturated heterocycles. The van der Waals surface area contributed by atoms with E-state index in [9.17, 15) is 0 Å². The first-order valence-corrected chi connectivity index (χ1v) is 5.98. The van der Waals surface area contributed by atoms with Crippen molar-refractivity contribution in [1.29, 1.82) is 0 Å². The van der Waals surface area contributed by atoms with Crippen molar-refractivity contribution in [3.05, 3.63) is 35.9 Å². The minimum absolute atomic E-state index is 0.400. The van der Waals surface area contributed by atoms with Gasteiger partial charge in [0.05, 0.1) is 0 Å². The first kappa shape index (κ1) is 9.73. The normalized spacial score (nSPS) is 11.3. The number of benzene rings is 1. The van der Waals surface area contributed by atoms with Gasteiger partial charge in [0.1, 0.15) is 0 Å². The van der Waals surface area contributed by atoms with Crippen molar-refractivity contribution in [2.24, 2.45) is 4.78 Å². The van der Waals surface area contributed by atoms with E-state index in [1.54, 1.807) is 0 Å². The molecule has 0 spiro atoms. The summed E-state index contributed by atoms with van der Waals surface area (Å²) in [5, 5.41) is 0. The molecular weight excluding hydrogens is 197 g/mol. The van der Waals surface area contributed by atoms with Gasteiger partial charge in [-0.2, -0.15) is 0 Å². The second-order valence-corrected chi connectivity index (χ2v) is 4.56. The fourth-order valence-electron chi connectivity index (χ4n) is 0.833. The molecule has 0 fully saturated rings. The van der Waals surface area contributed by atoms with Gasteiger partial charge in [-0.3, -0.25) is 0 Å². The predicted molar refractivity (Wildman–Crippen MR) is 46.1 cm³/mol. The Hall–Kier alpha value is -0.354. The van der Waals surface area contributed by atoms with Gasteiger partial charge in [-0.05, 0) is 0 Å². The van der Waals surface area contributed by atoms with Crippen LogP contribution in [0.5, 0.6) is 0 Å². The molecule has 1 aromatic carbocycles. The average Bonchev–Trinajstić information content (AvgIpc) is 2.05. The summed E-state index contributed by atoms with van der Waals surface area (Å²) in [6.45, 7) is 0.671. The van der Waals surface area contributed by atoms with Gasteiger partial charge in [0.15, 0.2) is 0 Å². The molecule has 0 aromatic heterocycles. The van der Waals surface area contributed by atoms with E-state index in [0.717, 1.165) is 0 Å². The maximum absolute atomic E-state index is 5.59. The summed E-state index contributed by atoms with van der Waals surface area (Å²) in [4.78, 5) is 5.59. The maximum atomic E-state index is 5.59. The molecule has 3 heteroatoms. The van der Waals surface area contributed by atoms with Crippen molar-refractivity contribution in [2.75, 3.05) is 5.54 Å². The van der Waals surface area contributed by atoms with Crippen LogP contribution in [-0.4, -0.2) is 5.54 Å². The Morgan fingerprint density at radius 3 is 2.58 bits per heavy atom. The van der Waals surface area contributed by atoms with Gasteiger partial charge < -0.3 is 0 Å². The van der Waals surface area contributed by atoms with Crippen LogP contribution in [0, 0.1) is 0 Å². The van der Waals surface area contributed by atoms with Gasteiger partial charge in [-0.25, -0.2) is 0 Å². The second-order valence-electron chi connectivity index (χ2n) is 2.49. The minimum atomic E-state index is -0.400. The Kier molecular flexibility index (Phi) is 4.31. The second kappa shape index (κ2) is 5.32. The summed E-state index contributed by atoms with van der Waals surface area (Å²) in [6.07, 6.45) is 0. The quantitative estimate of drug-likeness (QED) is 0.822. The van der Waals surface area contributed by atoms with E-state index in [1.165, 1.54) is 5.56 Å². The van der Waals surface area contributed by atoms with Gasteiger partial charge >= 0.3 is 77.3 Å². The third kappa shape index (κ3) is 3.87. The Labute approximate surface area is 77.7 Å². The molecule has 0 unspecified atom stereocenters. The van der Waals surface area contributed by atoms with E-state index in [0.29, 0.717) is 12.1 Å². The van der Waals surface area contributed by atoms with E-state index in [-0.39, 0.29) is 0 Å². The number of nitrogens with two attached hydrogens (primary N) is 1. The molecule has 2 N–H and O–H groups in total. The molecule has 1 rings (SSSR count). The summed E-state index contributed by atoms with van der Waals surface area (Å²) >= 11 is -0.400. The Bertz CT molecular complexity index is 213. The molecule has 0 radical (unpaired) electrons. The van der Waals surface area contributed by atoms with Crippen molar-refractivity contribution in [2.45, 2.75) is 12.5 Å². The molecule has 70 valence electrons. The van der Waals surface area contributed by atoms with Crippen molar-refractivity contribution < 1.29 is 18.6 Å². The van der Waals surface area contributed by atoms with Crippen LogP contribution >= 0.6 is 0 Å². The van der Waals surface area contributed by atoms with Crippen LogP contribution < -0.4 is 4.78 Å². The Morgan fingerprint density at radius 2 is 2.00 bits per heavy atom. The summed E-state index contributed by atoms with van der Waals surface area (Å²) in [7, 11) is 0. The third-order valence-electron chi connectivity index (χ3n) is 1.33. The first-order valence-electron chi connectivity index (χ1n) is 3.60. The van der Waals surface area contributed by atoms with Gasteiger partial charge in [0.2, 0.25) is 0 Å². The number of rotatable bonds is 4. The van der Waals surface area contributed by atoms with Crippen LogP contribution in [0.25, 0.3) is 0 Å². The molecule has 0 bridgehead atoms. The molecule has 0 saturated carbocycles. The summed E-state index contributed by atoms with van der Waals surface area (Å²) < 4.78 is 5.38. The monoisotopic (exact) mass is 211 g/mol. The fraction of sp³-hybridized carbons (Fsp3) is 0.333. The summed E-state index contributed by atoms with van der Waals surface area (Å²) in [6, 6.07) is 10.1. The zero-order valence-electron chi connectivity index (χ0n) is 7.12. The molecule has 0 aliphatic carbocycles. The molecule has 0 amide bonds. The number of ether oxygens (including phenoxy) is 1. The zero-order chi connectivity index (χ0) is 8.81. The third-order valence-corrected chi connectivity index (χ3v) is 2.02. The molecule has 0 heterocycles. The van der Waals surface area contributed by atoms with Crippen molar-refractivity contribution in [1.82, 2.24) is 0 Å². The van der Waals surface area contributed by atoms with Crippen LogP contribution in [0.1, 0.15) is 5.56 Å². The van der Waals surface area contributed by atoms with Crippen molar-refractivity contribution in [3.63, 3.8) is 0 Å². The molecule has 1 aromatic rings. The molecular formula is C9H14CoNO. The SMILES string of the molecule is [CH3][Co]([NH2])[CH2]OCc1ccccc1. The zero-order valence-corrected chi connectivity index (χ0v) is 8.16. The molecule has 0 aliphatic rings. The first-order chi connectivity index (χ1) is 5.79. The Morgan fingerprint density at radius 1 is 1.33 bits per heavy atom. The number of hydrogen-bond donors (Lipinski definition) is 1. The van der Waals surface area contributed by atoms with Crippen LogP contribution in [0.3, 0.4) is 0 Å². The summed E-state index contributed by atoms with van der Waals surface area (Å²) in [5.74, 6) is 2.00. The predicted octanol–water partition coefficient (Wildman–Crippen LogP) is 1.70. The van der Waals surface area contributed by atoms with Crippen molar-refractivity contribution >= 4 is 0 Å². The fourth-order valence-corrected chi connectivity index (χ4v) is 1.27. The molecule has 12 heavy (non-hydrogen) atoms. The topological polar surface area (TPSA) is 35.2 Å².